The number of benzene rings is 1. The Morgan fingerprint density at radius 1 is 1.14 bits per heavy atom. The molecule has 21 heavy (non-hydrogen) atoms. The Balaban J connectivity index is 2.02. The van der Waals surface area contributed by atoms with Gasteiger partial charge in [-0.1, -0.05) is 25.1 Å². The molecule has 0 spiro atoms. The Morgan fingerprint density at radius 3 is 2.76 bits per heavy atom. The summed E-state index contributed by atoms with van der Waals surface area (Å²) in [5.74, 6) is 0.127. The molecule has 0 unspecified atom stereocenters. The van der Waals surface area contributed by atoms with Crippen molar-refractivity contribution in [3.05, 3.63) is 36.5 Å². The maximum absolute atomic E-state index is 12.1. The number of unbranched alkanes of at least 4 members (excludes halogenated alkanes) is 1. The second-order valence-corrected chi connectivity index (χ2v) is 6.70. The summed E-state index contributed by atoms with van der Waals surface area (Å²) in [5.41, 5.74) is 1.22. The molecule has 0 aliphatic heterocycles. The van der Waals surface area contributed by atoms with Crippen LogP contribution in [-0.2, 0) is 10.0 Å². The Kier molecular flexibility index (Phi) is 5.52. The summed E-state index contributed by atoms with van der Waals surface area (Å²) in [6.45, 7) is 3.79. The fourth-order valence-corrected chi connectivity index (χ4v) is 3.31. The highest BCUT2D eigenvalue weighted by molar-refractivity contribution is 7.92. The Labute approximate surface area is 125 Å². The van der Waals surface area contributed by atoms with Crippen LogP contribution in [0.5, 0.6) is 0 Å². The van der Waals surface area contributed by atoms with Gasteiger partial charge in [-0.3, -0.25) is 9.71 Å². The summed E-state index contributed by atoms with van der Waals surface area (Å²) >= 11 is 0. The quantitative estimate of drug-likeness (QED) is 0.735. The zero-order chi connectivity index (χ0) is 15.1. The monoisotopic (exact) mass is 307 g/mol. The number of hydrogen-bond acceptors (Lipinski definition) is 4. The van der Waals surface area contributed by atoms with Gasteiger partial charge in [0.2, 0.25) is 10.0 Å². The molecule has 0 aliphatic carbocycles. The van der Waals surface area contributed by atoms with Gasteiger partial charge in [0.15, 0.2) is 0 Å². The van der Waals surface area contributed by atoms with Crippen LogP contribution in [0, 0.1) is 0 Å². The van der Waals surface area contributed by atoms with Crippen LogP contribution < -0.4 is 10.0 Å². The fourth-order valence-electron chi connectivity index (χ4n) is 2.12. The van der Waals surface area contributed by atoms with E-state index in [1.165, 1.54) is 0 Å². The highest BCUT2D eigenvalue weighted by Gasteiger charge is 2.12. The lowest BCUT2D eigenvalue weighted by molar-refractivity contribution is 0.593. The lowest BCUT2D eigenvalue weighted by atomic mass is 10.2. The molecule has 0 aliphatic rings. The van der Waals surface area contributed by atoms with Crippen LogP contribution >= 0.6 is 0 Å². The van der Waals surface area contributed by atoms with Crippen LogP contribution in [0.4, 0.5) is 5.69 Å². The predicted molar refractivity (Wildman–Crippen MR) is 86.9 cm³/mol. The van der Waals surface area contributed by atoms with E-state index < -0.39 is 10.0 Å². The summed E-state index contributed by atoms with van der Waals surface area (Å²) in [4.78, 5) is 4.25. The largest absolute Gasteiger partial charge is 0.317 e. The fraction of sp³-hybridized carbons (Fsp3) is 0.400. The number of hydrogen-bond donors (Lipinski definition) is 2. The van der Waals surface area contributed by atoms with Gasteiger partial charge in [-0.2, -0.15) is 0 Å². The van der Waals surface area contributed by atoms with Crippen molar-refractivity contribution in [1.29, 1.82) is 0 Å². The number of rotatable bonds is 8. The van der Waals surface area contributed by atoms with E-state index in [0.717, 1.165) is 24.9 Å². The van der Waals surface area contributed by atoms with Gasteiger partial charge < -0.3 is 5.32 Å². The van der Waals surface area contributed by atoms with E-state index in [1.807, 2.05) is 31.2 Å². The summed E-state index contributed by atoms with van der Waals surface area (Å²) < 4.78 is 26.9. The molecule has 2 rings (SSSR count). The molecule has 0 saturated carbocycles. The van der Waals surface area contributed by atoms with Crippen LogP contribution in [0.15, 0.2) is 36.5 Å². The molecule has 1 aromatic carbocycles. The van der Waals surface area contributed by atoms with E-state index >= 15 is 0 Å². The van der Waals surface area contributed by atoms with E-state index in [1.54, 1.807) is 12.3 Å². The summed E-state index contributed by atoms with van der Waals surface area (Å²) in [5, 5.41) is 4.10. The van der Waals surface area contributed by atoms with Gasteiger partial charge >= 0.3 is 0 Å². The maximum atomic E-state index is 12.1. The minimum Gasteiger partial charge on any atom is -0.317 e. The van der Waals surface area contributed by atoms with Gasteiger partial charge in [0.1, 0.15) is 0 Å². The summed E-state index contributed by atoms with van der Waals surface area (Å²) in [7, 11) is -3.33. The van der Waals surface area contributed by atoms with Gasteiger partial charge in [-0.05, 0) is 38.1 Å². The second-order valence-electron chi connectivity index (χ2n) is 4.86. The molecule has 0 radical (unpaired) electrons. The minimum absolute atomic E-state index is 0.127. The van der Waals surface area contributed by atoms with Crippen LogP contribution in [-0.4, -0.2) is 32.2 Å². The average molecular weight is 307 g/mol. The van der Waals surface area contributed by atoms with Crippen molar-refractivity contribution in [2.45, 2.75) is 19.8 Å². The molecule has 5 nitrogen and oxygen atoms in total. The van der Waals surface area contributed by atoms with Gasteiger partial charge in [-0.25, -0.2) is 8.42 Å². The Morgan fingerprint density at radius 2 is 1.95 bits per heavy atom. The first-order valence-corrected chi connectivity index (χ1v) is 8.82. The van der Waals surface area contributed by atoms with E-state index in [4.69, 9.17) is 0 Å². The first kappa shape index (κ1) is 15.7. The SMILES string of the molecule is CCNCCCCS(=O)(=O)Nc1cccc2cccnc12. The molecule has 6 heteroatoms. The zero-order valence-corrected chi connectivity index (χ0v) is 13.0. The van der Waals surface area contributed by atoms with Crippen molar-refractivity contribution in [2.75, 3.05) is 23.6 Å². The smallest absolute Gasteiger partial charge is 0.232 e. The molecule has 0 fully saturated rings. The normalized spacial score (nSPS) is 11.7. The van der Waals surface area contributed by atoms with Gasteiger partial charge in [-0.15, -0.1) is 0 Å². The highest BCUT2D eigenvalue weighted by Crippen LogP contribution is 2.21. The number of nitrogens with one attached hydrogen (secondary N) is 2. The standard InChI is InChI=1S/C15H21N3O2S/c1-2-16-10-3-4-12-21(19,20)18-14-9-5-7-13-8-6-11-17-15(13)14/h5-9,11,16,18H,2-4,10,12H2,1H3. The molecule has 114 valence electrons. The lowest BCUT2D eigenvalue weighted by Gasteiger charge is -2.10. The number of para-hydroxylation sites is 1. The number of pyridine rings is 1. The molecular formula is C15H21N3O2S. The molecule has 0 saturated heterocycles. The number of anilines is 1. The van der Waals surface area contributed by atoms with Crippen LogP contribution in [0.1, 0.15) is 19.8 Å². The molecule has 1 heterocycles. The summed E-state index contributed by atoms with van der Waals surface area (Å²) in [6, 6.07) is 9.23. The minimum atomic E-state index is -3.33. The van der Waals surface area contributed by atoms with Crippen molar-refractivity contribution in [1.82, 2.24) is 10.3 Å². The molecule has 2 N–H and O–H groups in total. The van der Waals surface area contributed by atoms with Gasteiger partial charge in [0, 0.05) is 11.6 Å². The van der Waals surface area contributed by atoms with Crippen LogP contribution in [0.2, 0.25) is 0 Å². The molecule has 0 bridgehead atoms. The van der Waals surface area contributed by atoms with Crippen molar-refractivity contribution >= 4 is 26.6 Å². The topological polar surface area (TPSA) is 71.1 Å². The third kappa shape index (κ3) is 4.68. The van der Waals surface area contributed by atoms with E-state index in [-0.39, 0.29) is 5.75 Å². The van der Waals surface area contributed by atoms with Crippen molar-refractivity contribution in [2.24, 2.45) is 0 Å². The molecule has 0 atom stereocenters. The van der Waals surface area contributed by atoms with Crippen LogP contribution in [0.25, 0.3) is 10.9 Å². The molecule has 0 amide bonds. The average Bonchev–Trinajstić information content (AvgIpc) is 2.47. The van der Waals surface area contributed by atoms with E-state index in [9.17, 15) is 8.42 Å². The number of fused-ring (bicyclic) bond motifs is 1. The number of aromatic nitrogens is 1. The molecule has 1 aromatic heterocycles. The first-order chi connectivity index (χ1) is 10.1. The Hall–Kier alpha value is -1.66. The number of nitrogens with zero attached hydrogens (tertiary/aromatic N) is 1. The van der Waals surface area contributed by atoms with Crippen molar-refractivity contribution in [3.63, 3.8) is 0 Å². The van der Waals surface area contributed by atoms with Crippen molar-refractivity contribution in [3.8, 4) is 0 Å². The Bertz CT molecular complexity index is 681. The summed E-state index contributed by atoms with van der Waals surface area (Å²) in [6.07, 6.45) is 3.15. The maximum Gasteiger partial charge on any atom is 0.232 e. The highest BCUT2D eigenvalue weighted by atomic mass is 32.2. The third-order valence-electron chi connectivity index (χ3n) is 3.16. The van der Waals surface area contributed by atoms with E-state index in [0.29, 0.717) is 17.6 Å². The first-order valence-electron chi connectivity index (χ1n) is 7.17. The van der Waals surface area contributed by atoms with Gasteiger partial charge in [0.25, 0.3) is 0 Å². The van der Waals surface area contributed by atoms with E-state index in [2.05, 4.69) is 15.0 Å². The molecular weight excluding hydrogens is 286 g/mol. The lowest BCUT2D eigenvalue weighted by Crippen LogP contribution is -2.19. The van der Waals surface area contributed by atoms with Crippen molar-refractivity contribution < 1.29 is 8.42 Å². The second kappa shape index (κ2) is 7.38. The zero-order valence-electron chi connectivity index (χ0n) is 12.2. The molecule has 2 aromatic rings. The van der Waals surface area contributed by atoms with Gasteiger partial charge in [0.05, 0.1) is 17.0 Å². The van der Waals surface area contributed by atoms with Crippen LogP contribution in [0.3, 0.4) is 0 Å². The third-order valence-corrected chi connectivity index (χ3v) is 4.52. The number of sulfonamides is 1. The predicted octanol–water partition coefficient (Wildman–Crippen LogP) is 2.37.